The number of phosphoric acid groups is 1. The smallest absolute Gasteiger partial charge is 0.465 e. The van der Waals surface area contributed by atoms with Gasteiger partial charge in [0.05, 0.1) is 39.0 Å². The molecule has 2 aromatic carbocycles. The molecule has 0 spiro atoms. The number of hydrogen-bond donors (Lipinski definition) is 1. The van der Waals surface area contributed by atoms with E-state index in [4.69, 9.17) is 18.3 Å². The molecule has 0 fully saturated rings. The van der Waals surface area contributed by atoms with Crippen molar-refractivity contribution >= 4 is 24.6 Å². The Morgan fingerprint density at radius 1 is 0.967 bits per heavy atom. The van der Waals surface area contributed by atoms with Crippen molar-refractivity contribution in [2.75, 3.05) is 26.4 Å². The van der Waals surface area contributed by atoms with Gasteiger partial charge in [0.2, 0.25) is 0 Å². The van der Waals surface area contributed by atoms with Gasteiger partial charge in [-0.1, -0.05) is 30.3 Å². The fraction of sp³-hybridized carbons (Fsp3) is 0.500. The van der Waals surface area contributed by atoms with E-state index in [0.29, 0.717) is 12.8 Å². The molecule has 2 aromatic rings. The van der Waals surface area contributed by atoms with Gasteiger partial charge >= 0.3 is 13.8 Å². The van der Waals surface area contributed by atoms with Gasteiger partial charge in [-0.25, -0.2) is 4.57 Å². The first-order chi connectivity index (χ1) is 14.4. The Morgan fingerprint density at radius 2 is 1.60 bits per heavy atom. The van der Waals surface area contributed by atoms with Crippen LogP contribution in [-0.4, -0.2) is 37.5 Å². The Kier molecular flexibility index (Phi) is 9.95. The number of esters is 1. The lowest BCUT2D eigenvalue weighted by Crippen LogP contribution is -2.14. The maximum atomic E-state index is 12.4. The van der Waals surface area contributed by atoms with Crippen molar-refractivity contribution in [1.29, 1.82) is 0 Å². The van der Waals surface area contributed by atoms with E-state index < -0.39 is 7.82 Å². The van der Waals surface area contributed by atoms with Gasteiger partial charge in [0.25, 0.3) is 0 Å². The van der Waals surface area contributed by atoms with Crippen molar-refractivity contribution in [3.05, 3.63) is 47.5 Å². The maximum absolute atomic E-state index is 12.4. The van der Waals surface area contributed by atoms with E-state index in [2.05, 4.69) is 0 Å². The molecule has 166 valence electrons. The van der Waals surface area contributed by atoms with Gasteiger partial charge in [-0.15, -0.1) is 0 Å². The third-order valence-electron chi connectivity index (χ3n) is 4.57. The van der Waals surface area contributed by atoms with Crippen molar-refractivity contribution < 1.29 is 32.8 Å². The minimum Gasteiger partial charge on any atom is -0.465 e. The molecule has 1 N–H and O–H groups in total. The Labute approximate surface area is 177 Å². The maximum Gasteiger partial charge on any atom is 0.474 e. The van der Waals surface area contributed by atoms with Crippen molar-refractivity contribution in [3.8, 4) is 0 Å². The molecule has 0 amide bonds. The van der Waals surface area contributed by atoms with E-state index >= 15 is 0 Å². The number of aliphatic hydroxyl groups is 1. The van der Waals surface area contributed by atoms with Crippen LogP contribution in [-0.2, 0) is 34.3 Å². The number of fused-ring (bicyclic) bond motifs is 1. The van der Waals surface area contributed by atoms with Crippen LogP contribution in [0, 0.1) is 0 Å². The van der Waals surface area contributed by atoms with Gasteiger partial charge < -0.3 is 9.84 Å². The molecule has 7 nitrogen and oxygen atoms in total. The van der Waals surface area contributed by atoms with E-state index in [1.54, 1.807) is 13.8 Å². The molecule has 30 heavy (non-hydrogen) atoms. The van der Waals surface area contributed by atoms with E-state index in [1.807, 2.05) is 43.3 Å². The summed E-state index contributed by atoms with van der Waals surface area (Å²) < 4.78 is 32.9. The van der Waals surface area contributed by atoms with Crippen LogP contribution >= 0.6 is 7.82 Å². The molecule has 0 bridgehead atoms. The summed E-state index contributed by atoms with van der Waals surface area (Å²) in [6, 6.07) is 11.6. The number of hydrogen-bond acceptors (Lipinski definition) is 7. The molecule has 1 atom stereocenters. The number of phosphoric ester groups is 1. The SMILES string of the molecule is CCOP(=O)(OCC)OCCCCOC(=O)C(C)c1ccc2cc(CO)ccc2c1. The fourth-order valence-electron chi connectivity index (χ4n) is 2.92. The molecule has 0 radical (unpaired) electrons. The van der Waals surface area contributed by atoms with Crippen LogP contribution in [0.1, 0.15) is 50.7 Å². The fourth-order valence-corrected chi connectivity index (χ4v) is 4.13. The quantitative estimate of drug-likeness (QED) is 0.269. The van der Waals surface area contributed by atoms with Crippen LogP contribution < -0.4 is 0 Å². The van der Waals surface area contributed by atoms with Crippen LogP contribution in [0.25, 0.3) is 10.8 Å². The molecular formula is C22H31O7P. The highest BCUT2D eigenvalue weighted by Gasteiger charge is 2.24. The second-order valence-corrected chi connectivity index (χ2v) is 8.48. The van der Waals surface area contributed by atoms with E-state index in [0.717, 1.165) is 21.9 Å². The van der Waals surface area contributed by atoms with Crippen molar-refractivity contribution in [2.45, 2.75) is 46.1 Å². The molecule has 8 heteroatoms. The highest BCUT2D eigenvalue weighted by molar-refractivity contribution is 7.48. The number of rotatable bonds is 13. The van der Waals surface area contributed by atoms with Crippen LogP contribution in [0.15, 0.2) is 36.4 Å². The number of aliphatic hydroxyl groups excluding tert-OH is 1. The summed E-state index contributed by atoms with van der Waals surface area (Å²) in [5, 5.41) is 11.3. The lowest BCUT2D eigenvalue weighted by molar-refractivity contribution is -0.145. The monoisotopic (exact) mass is 438 g/mol. The Hall–Kier alpha value is -1.76. The zero-order chi connectivity index (χ0) is 22.0. The molecule has 0 saturated carbocycles. The number of benzene rings is 2. The minimum atomic E-state index is -3.49. The zero-order valence-corrected chi connectivity index (χ0v) is 18.7. The van der Waals surface area contributed by atoms with E-state index in [9.17, 15) is 14.5 Å². The summed E-state index contributed by atoms with van der Waals surface area (Å²) in [4.78, 5) is 12.4. The predicted octanol–water partition coefficient (Wildman–Crippen LogP) is 4.96. The highest BCUT2D eigenvalue weighted by atomic mass is 31.2. The van der Waals surface area contributed by atoms with Gasteiger partial charge in [0.15, 0.2) is 0 Å². The zero-order valence-electron chi connectivity index (χ0n) is 17.8. The first kappa shape index (κ1) is 24.5. The van der Waals surface area contributed by atoms with Gasteiger partial charge in [-0.2, -0.15) is 0 Å². The predicted molar refractivity (Wildman–Crippen MR) is 115 cm³/mol. The highest BCUT2D eigenvalue weighted by Crippen LogP contribution is 2.49. The minimum absolute atomic E-state index is 0.000265. The van der Waals surface area contributed by atoms with Crippen LogP contribution in [0.2, 0.25) is 0 Å². The third-order valence-corrected chi connectivity index (χ3v) is 6.22. The van der Waals surface area contributed by atoms with Gasteiger partial charge in [0, 0.05) is 0 Å². The molecule has 0 aromatic heterocycles. The summed E-state index contributed by atoms with van der Waals surface area (Å²) in [7, 11) is -3.49. The molecule has 0 aliphatic carbocycles. The number of ether oxygens (including phenoxy) is 1. The molecule has 0 aliphatic heterocycles. The normalized spacial score (nSPS) is 12.8. The molecule has 0 heterocycles. The third kappa shape index (κ3) is 7.18. The van der Waals surface area contributed by atoms with Crippen molar-refractivity contribution in [2.24, 2.45) is 0 Å². The van der Waals surface area contributed by atoms with Gasteiger partial charge in [-0.3, -0.25) is 18.4 Å². The van der Waals surface area contributed by atoms with Crippen LogP contribution in [0.4, 0.5) is 0 Å². The summed E-state index contributed by atoms with van der Waals surface area (Å²) in [5.74, 6) is -0.684. The number of carbonyl (C=O) groups is 1. The average Bonchev–Trinajstić information content (AvgIpc) is 2.75. The molecule has 2 rings (SSSR count). The lowest BCUT2D eigenvalue weighted by atomic mass is 9.97. The Morgan fingerprint density at radius 3 is 2.27 bits per heavy atom. The molecule has 0 aliphatic rings. The van der Waals surface area contributed by atoms with E-state index in [-0.39, 0.29) is 44.9 Å². The summed E-state index contributed by atoms with van der Waals surface area (Å²) >= 11 is 0. The summed E-state index contributed by atoms with van der Waals surface area (Å²) in [6.45, 7) is 6.19. The topological polar surface area (TPSA) is 91.3 Å². The van der Waals surface area contributed by atoms with Gasteiger partial charge in [-0.05, 0) is 61.6 Å². The molecule has 1 unspecified atom stereocenters. The Balaban J connectivity index is 1.78. The first-order valence-corrected chi connectivity index (χ1v) is 11.7. The molecular weight excluding hydrogens is 407 g/mol. The molecule has 0 saturated heterocycles. The summed E-state index contributed by atoms with van der Waals surface area (Å²) in [6.07, 6.45) is 1.15. The van der Waals surface area contributed by atoms with Crippen LogP contribution in [0.5, 0.6) is 0 Å². The van der Waals surface area contributed by atoms with Crippen LogP contribution in [0.3, 0.4) is 0 Å². The van der Waals surface area contributed by atoms with Crippen molar-refractivity contribution in [3.63, 3.8) is 0 Å². The second kappa shape index (κ2) is 12.2. The largest absolute Gasteiger partial charge is 0.474 e. The summed E-state index contributed by atoms with van der Waals surface area (Å²) in [5.41, 5.74) is 1.73. The number of carbonyl (C=O) groups excluding carboxylic acids is 1. The second-order valence-electron chi connectivity index (χ2n) is 6.81. The van der Waals surface area contributed by atoms with E-state index in [1.165, 1.54) is 0 Å². The van der Waals surface area contributed by atoms with Gasteiger partial charge in [0.1, 0.15) is 0 Å². The number of unbranched alkanes of at least 4 members (excludes halogenated alkanes) is 1. The first-order valence-electron chi connectivity index (χ1n) is 10.3. The standard InChI is InChI=1S/C22H31O7P/c1-4-27-30(25,28-5-2)29-13-7-6-12-26-22(24)17(3)19-10-11-20-14-18(16-23)8-9-21(20)15-19/h8-11,14-15,17,23H,4-7,12-13,16H2,1-3H3. The Bertz CT molecular complexity index is 858. The average molecular weight is 438 g/mol. The lowest BCUT2D eigenvalue weighted by Gasteiger charge is -2.16. The van der Waals surface area contributed by atoms with Crippen molar-refractivity contribution in [1.82, 2.24) is 0 Å².